The Morgan fingerprint density at radius 2 is 1.86 bits per heavy atom. The van der Waals surface area contributed by atoms with Crippen molar-refractivity contribution in [2.24, 2.45) is 0 Å². The van der Waals surface area contributed by atoms with Gasteiger partial charge in [0, 0.05) is 42.0 Å². The average molecular weight is 509 g/mol. The fraction of sp³-hybridized carbons (Fsp3) is 0.480. The Labute approximate surface area is 208 Å². The smallest absolute Gasteiger partial charge is 0.416 e. The summed E-state index contributed by atoms with van der Waals surface area (Å²) >= 11 is 1.35. The monoisotopic (exact) mass is 508 g/mol. The first-order chi connectivity index (χ1) is 16.5. The van der Waals surface area contributed by atoms with Crippen molar-refractivity contribution < 1.29 is 22.7 Å². The fourth-order valence-corrected chi connectivity index (χ4v) is 5.23. The number of amides is 1. The number of piperidine rings is 1. The van der Waals surface area contributed by atoms with Gasteiger partial charge in [-0.05, 0) is 57.9 Å². The second-order valence-electron chi connectivity index (χ2n) is 9.81. The summed E-state index contributed by atoms with van der Waals surface area (Å²) in [5.41, 5.74) is 0.859. The number of halogens is 3. The number of benzene rings is 2. The summed E-state index contributed by atoms with van der Waals surface area (Å²) in [5, 5.41) is 9.47. The number of rotatable bonds is 5. The van der Waals surface area contributed by atoms with Crippen molar-refractivity contribution >= 4 is 34.9 Å². The number of fused-ring (bicyclic) bond motifs is 2. The van der Waals surface area contributed by atoms with E-state index in [0.717, 1.165) is 36.5 Å². The molecular formula is C25H31F3N4O2S. The lowest BCUT2D eigenvalue weighted by atomic mass is 10.0. The molecule has 2 aromatic rings. The van der Waals surface area contributed by atoms with Gasteiger partial charge in [-0.25, -0.2) is 4.79 Å². The number of alkyl carbamates (subject to hydrolysis) is 1. The highest BCUT2D eigenvalue weighted by atomic mass is 32.2. The SMILES string of the molecule is CC(C)(C)OC(=O)NCCN1CCC(Nc2cc(C(F)(F)F)cc3c2Nc2ccccc2S3)CC1. The molecule has 0 saturated carbocycles. The van der Waals surface area contributed by atoms with E-state index in [2.05, 4.69) is 20.9 Å². The van der Waals surface area contributed by atoms with E-state index >= 15 is 0 Å². The van der Waals surface area contributed by atoms with Gasteiger partial charge in [0.15, 0.2) is 0 Å². The van der Waals surface area contributed by atoms with Crippen LogP contribution in [0.4, 0.5) is 35.0 Å². The van der Waals surface area contributed by atoms with E-state index in [0.29, 0.717) is 29.4 Å². The predicted molar refractivity (Wildman–Crippen MR) is 133 cm³/mol. The molecule has 190 valence electrons. The number of ether oxygens (including phenoxy) is 1. The van der Waals surface area contributed by atoms with Crippen LogP contribution in [-0.4, -0.2) is 48.8 Å². The van der Waals surface area contributed by atoms with E-state index in [-0.39, 0.29) is 6.04 Å². The second-order valence-corrected chi connectivity index (χ2v) is 10.9. The number of hydrogen-bond donors (Lipinski definition) is 3. The Bertz CT molecular complexity index is 1060. The molecule has 2 aliphatic heterocycles. The Kier molecular flexibility index (Phi) is 7.42. The Balaban J connectivity index is 1.37. The molecule has 2 heterocycles. The maximum Gasteiger partial charge on any atom is 0.416 e. The van der Waals surface area contributed by atoms with Crippen molar-refractivity contribution in [2.45, 2.75) is 61.2 Å². The van der Waals surface area contributed by atoms with Crippen LogP contribution in [0.1, 0.15) is 39.2 Å². The standard InChI is InChI=1S/C25H31F3N4O2S/c1-24(2,3)34-23(33)29-10-13-32-11-8-17(9-12-32)30-19-14-16(25(26,27)28)15-21-22(19)31-18-6-4-5-7-20(18)35-21/h4-7,14-15,17,30-31H,8-13H2,1-3H3,(H,29,33). The van der Waals surface area contributed by atoms with Gasteiger partial charge in [-0.1, -0.05) is 23.9 Å². The summed E-state index contributed by atoms with van der Waals surface area (Å²) in [4.78, 5) is 15.5. The first-order valence-corrected chi connectivity index (χ1v) is 12.5. The topological polar surface area (TPSA) is 65.6 Å². The minimum atomic E-state index is -4.42. The normalized spacial score (nSPS) is 16.6. The number of likely N-dealkylation sites (tertiary alicyclic amines) is 1. The summed E-state index contributed by atoms with van der Waals surface area (Å²) in [6, 6.07) is 10.1. The first kappa shape index (κ1) is 25.5. The number of carbonyl (C=O) groups excluding carboxylic acids is 1. The lowest BCUT2D eigenvalue weighted by Crippen LogP contribution is -2.43. The molecule has 1 saturated heterocycles. The molecule has 6 nitrogen and oxygen atoms in total. The van der Waals surface area contributed by atoms with Gasteiger partial charge in [0.1, 0.15) is 5.60 Å². The number of anilines is 3. The highest BCUT2D eigenvalue weighted by molar-refractivity contribution is 7.99. The third-order valence-electron chi connectivity index (χ3n) is 5.84. The number of alkyl halides is 3. The van der Waals surface area contributed by atoms with Crippen molar-refractivity contribution in [3.8, 4) is 0 Å². The highest BCUT2D eigenvalue weighted by Crippen LogP contribution is 2.49. The maximum absolute atomic E-state index is 13.6. The Morgan fingerprint density at radius 1 is 1.14 bits per heavy atom. The van der Waals surface area contributed by atoms with Crippen LogP contribution < -0.4 is 16.0 Å². The van der Waals surface area contributed by atoms with E-state index in [1.165, 1.54) is 23.9 Å². The average Bonchev–Trinajstić information content (AvgIpc) is 2.77. The van der Waals surface area contributed by atoms with Crippen molar-refractivity contribution in [2.75, 3.05) is 36.8 Å². The van der Waals surface area contributed by atoms with Crippen LogP contribution in [0.15, 0.2) is 46.2 Å². The zero-order chi connectivity index (χ0) is 25.2. The molecule has 1 fully saturated rings. The van der Waals surface area contributed by atoms with Crippen LogP contribution in [0, 0.1) is 0 Å². The van der Waals surface area contributed by atoms with Gasteiger partial charge in [0.2, 0.25) is 0 Å². The summed E-state index contributed by atoms with van der Waals surface area (Å²) in [6.45, 7) is 8.21. The molecule has 0 radical (unpaired) electrons. The molecule has 3 N–H and O–H groups in total. The minimum Gasteiger partial charge on any atom is -0.444 e. The molecule has 0 spiro atoms. The molecule has 0 atom stereocenters. The molecule has 4 rings (SSSR count). The van der Waals surface area contributed by atoms with Crippen LogP contribution >= 0.6 is 11.8 Å². The van der Waals surface area contributed by atoms with Gasteiger partial charge < -0.3 is 25.6 Å². The van der Waals surface area contributed by atoms with Gasteiger partial charge in [0.25, 0.3) is 0 Å². The van der Waals surface area contributed by atoms with Crippen LogP contribution in [0.5, 0.6) is 0 Å². The number of nitrogens with zero attached hydrogens (tertiary/aromatic N) is 1. The zero-order valence-electron chi connectivity index (χ0n) is 20.1. The molecule has 2 aromatic carbocycles. The van der Waals surface area contributed by atoms with Crippen LogP contribution in [-0.2, 0) is 10.9 Å². The fourth-order valence-electron chi connectivity index (χ4n) is 4.17. The van der Waals surface area contributed by atoms with E-state index in [9.17, 15) is 18.0 Å². The van der Waals surface area contributed by atoms with Crippen LogP contribution in [0.25, 0.3) is 0 Å². The van der Waals surface area contributed by atoms with Crippen LogP contribution in [0.2, 0.25) is 0 Å². The van der Waals surface area contributed by atoms with Crippen molar-refractivity contribution in [1.29, 1.82) is 0 Å². The third-order valence-corrected chi connectivity index (χ3v) is 6.96. The summed E-state index contributed by atoms with van der Waals surface area (Å²) in [7, 11) is 0. The minimum absolute atomic E-state index is 0.0571. The Hall–Kier alpha value is -2.59. The number of hydrogen-bond acceptors (Lipinski definition) is 6. The van der Waals surface area contributed by atoms with E-state index in [4.69, 9.17) is 4.74 Å². The quantitative estimate of drug-likeness (QED) is 0.375. The van der Waals surface area contributed by atoms with Gasteiger partial charge in [-0.2, -0.15) is 13.2 Å². The summed E-state index contributed by atoms with van der Waals surface area (Å²) < 4.78 is 46.1. The van der Waals surface area contributed by atoms with Gasteiger partial charge in [0.05, 0.1) is 22.6 Å². The predicted octanol–water partition coefficient (Wildman–Crippen LogP) is 6.31. The molecule has 10 heteroatoms. The molecule has 1 amide bonds. The molecule has 0 bridgehead atoms. The summed E-state index contributed by atoms with van der Waals surface area (Å²) in [5.74, 6) is 0. The Morgan fingerprint density at radius 3 is 2.54 bits per heavy atom. The van der Waals surface area contributed by atoms with Gasteiger partial charge in [-0.3, -0.25) is 0 Å². The van der Waals surface area contributed by atoms with Gasteiger partial charge in [-0.15, -0.1) is 0 Å². The lowest BCUT2D eigenvalue weighted by Gasteiger charge is -2.34. The molecule has 35 heavy (non-hydrogen) atoms. The first-order valence-electron chi connectivity index (χ1n) is 11.7. The third kappa shape index (κ3) is 6.76. The second kappa shape index (κ2) is 10.2. The largest absolute Gasteiger partial charge is 0.444 e. The molecule has 0 aliphatic carbocycles. The van der Waals surface area contributed by atoms with Crippen molar-refractivity contribution in [3.63, 3.8) is 0 Å². The molecule has 2 aliphatic rings. The van der Waals surface area contributed by atoms with Crippen LogP contribution in [0.3, 0.4) is 0 Å². The molecule has 0 aromatic heterocycles. The van der Waals surface area contributed by atoms with E-state index in [1.807, 2.05) is 45.0 Å². The van der Waals surface area contributed by atoms with E-state index in [1.54, 1.807) is 0 Å². The van der Waals surface area contributed by atoms with Crippen molar-refractivity contribution in [3.05, 3.63) is 42.0 Å². The van der Waals surface area contributed by atoms with Crippen molar-refractivity contribution in [1.82, 2.24) is 10.2 Å². The molecular weight excluding hydrogens is 477 g/mol. The maximum atomic E-state index is 13.6. The van der Waals surface area contributed by atoms with E-state index < -0.39 is 23.4 Å². The number of carbonyl (C=O) groups is 1. The highest BCUT2D eigenvalue weighted by Gasteiger charge is 2.34. The number of nitrogens with one attached hydrogen (secondary N) is 3. The molecule has 0 unspecified atom stereocenters. The summed E-state index contributed by atoms with van der Waals surface area (Å²) in [6.07, 6.45) is -3.27. The van der Waals surface area contributed by atoms with Gasteiger partial charge >= 0.3 is 12.3 Å². The lowest BCUT2D eigenvalue weighted by molar-refractivity contribution is -0.137. The number of para-hydroxylation sites is 1. The zero-order valence-corrected chi connectivity index (χ0v) is 20.9.